The van der Waals surface area contributed by atoms with Gasteiger partial charge in [0.25, 0.3) is 0 Å². The standard InChI is InChI=1S/C17H10ClF4N5/c1-27-14-6-12-9(5-13(14)26-16(27)17(20,21)22)15(24-7-23-12)25-8-2-3-11(19)10(18)4-8/h2-7H,1H3,(H,23,24,25). The smallest absolute Gasteiger partial charge is 0.340 e. The molecule has 0 radical (unpaired) electrons. The van der Waals surface area contributed by atoms with Crippen molar-refractivity contribution in [1.82, 2.24) is 19.5 Å². The Kier molecular flexibility index (Phi) is 3.92. The fraction of sp³-hybridized carbons (Fsp3) is 0.118. The molecule has 0 atom stereocenters. The first-order valence-electron chi connectivity index (χ1n) is 7.64. The van der Waals surface area contributed by atoms with Crippen molar-refractivity contribution >= 4 is 45.0 Å². The third kappa shape index (κ3) is 3.03. The van der Waals surface area contributed by atoms with Crippen LogP contribution in [0.15, 0.2) is 36.7 Å². The number of nitrogens with one attached hydrogen (secondary N) is 1. The van der Waals surface area contributed by atoms with E-state index in [-0.39, 0.29) is 10.5 Å². The number of aryl methyl sites for hydroxylation is 1. The van der Waals surface area contributed by atoms with E-state index in [0.29, 0.717) is 27.9 Å². The van der Waals surface area contributed by atoms with Gasteiger partial charge in [-0.3, -0.25) is 0 Å². The Morgan fingerprint density at radius 1 is 1.07 bits per heavy atom. The van der Waals surface area contributed by atoms with Crippen molar-refractivity contribution in [3.05, 3.63) is 53.3 Å². The molecule has 0 saturated carbocycles. The van der Waals surface area contributed by atoms with E-state index in [1.165, 1.54) is 43.7 Å². The first-order valence-corrected chi connectivity index (χ1v) is 8.02. The molecule has 138 valence electrons. The highest BCUT2D eigenvalue weighted by Crippen LogP contribution is 2.33. The van der Waals surface area contributed by atoms with Gasteiger partial charge >= 0.3 is 6.18 Å². The van der Waals surface area contributed by atoms with E-state index in [2.05, 4.69) is 20.3 Å². The lowest BCUT2D eigenvalue weighted by atomic mass is 10.2. The summed E-state index contributed by atoms with van der Waals surface area (Å²) in [6.45, 7) is 0. The summed E-state index contributed by atoms with van der Waals surface area (Å²) in [6, 6.07) is 7.04. The monoisotopic (exact) mass is 395 g/mol. The van der Waals surface area contributed by atoms with Gasteiger partial charge in [-0.15, -0.1) is 0 Å². The number of nitrogens with zero attached hydrogens (tertiary/aromatic N) is 4. The Bertz CT molecular complexity index is 1190. The van der Waals surface area contributed by atoms with Crippen molar-refractivity contribution in [3.8, 4) is 0 Å². The van der Waals surface area contributed by atoms with Crippen LogP contribution in [0.4, 0.5) is 29.1 Å². The van der Waals surface area contributed by atoms with Crippen molar-refractivity contribution in [3.63, 3.8) is 0 Å². The molecule has 0 amide bonds. The summed E-state index contributed by atoms with van der Waals surface area (Å²) in [6.07, 6.45) is -3.29. The molecule has 0 unspecified atom stereocenters. The zero-order valence-electron chi connectivity index (χ0n) is 13.6. The Morgan fingerprint density at radius 2 is 1.85 bits per heavy atom. The Labute approximate surface area is 154 Å². The summed E-state index contributed by atoms with van der Waals surface area (Å²) >= 11 is 5.77. The zero-order valence-corrected chi connectivity index (χ0v) is 14.4. The van der Waals surface area contributed by atoms with Gasteiger partial charge in [-0.05, 0) is 30.3 Å². The third-order valence-corrected chi connectivity index (χ3v) is 4.36. The van der Waals surface area contributed by atoms with Crippen molar-refractivity contribution in [2.24, 2.45) is 7.05 Å². The molecule has 0 aliphatic rings. The highest BCUT2D eigenvalue weighted by atomic mass is 35.5. The van der Waals surface area contributed by atoms with Gasteiger partial charge in [0.15, 0.2) is 0 Å². The topological polar surface area (TPSA) is 55.6 Å². The van der Waals surface area contributed by atoms with E-state index in [0.717, 1.165) is 4.57 Å². The number of benzene rings is 2. The summed E-state index contributed by atoms with van der Waals surface area (Å²) in [5.41, 5.74) is 1.36. The van der Waals surface area contributed by atoms with Crippen LogP contribution in [0.1, 0.15) is 5.82 Å². The minimum absolute atomic E-state index is 0.0692. The fourth-order valence-corrected chi connectivity index (χ4v) is 2.99. The quantitative estimate of drug-likeness (QED) is 0.481. The van der Waals surface area contributed by atoms with Crippen LogP contribution in [0.2, 0.25) is 5.02 Å². The van der Waals surface area contributed by atoms with Gasteiger partial charge in [0.2, 0.25) is 5.82 Å². The van der Waals surface area contributed by atoms with Gasteiger partial charge in [-0.1, -0.05) is 11.6 Å². The zero-order chi connectivity index (χ0) is 19.3. The van der Waals surface area contributed by atoms with Crippen LogP contribution in [-0.4, -0.2) is 19.5 Å². The molecule has 2 aromatic carbocycles. The van der Waals surface area contributed by atoms with Crippen LogP contribution in [0.5, 0.6) is 0 Å². The minimum Gasteiger partial charge on any atom is -0.340 e. The van der Waals surface area contributed by atoms with E-state index < -0.39 is 17.8 Å². The first kappa shape index (κ1) is 17.5. The molecular formula is C17H10ClF4N5. The lowest BCUT2D eigenvalue weighted by molar-refractivity contribution is -0.146. The molecule has 4 rings (SSSR count). The summed E-state index contributed by atoms with van der Waals surface area (Å²) < 4.78 is 53.6. The Hall–Kier alpha value is -2.94. The van der Waals surface area contributed by atoms with Crippen molar-refractivity contribution < 1.29 is 17.6 Å². The van der Waals surface area contributed by atoms with Gasteiger partial charge in [0.1, 0.15) is 18.0 Å². The number of alkyl halides is 3. The van der Waals surface area contributed by atoms with Gasteiger partial charge in [0.05, 0.1) is 21.6 Å². The van der Waals surface area contributed by atoms with Crippen LogP contribution >= 0.6 is 11.6 Å². The molecule has 0 saturated heterocycles. The Morgan fingerprint density at radius 3 is 2.56 bits per heavy atom. The van der Waals surface area contributed by atoms with E-state index in [1.807, 2.05) is 0 Å². The number of halogens is 5. The van der Waals surface area contributed by atoms with Gasteiger partial charge in [-0.25, -0.2) is 19.3 Å². The van der Waals surface area contributed by atoms with Gasteiger partial charge < -0.3 is 9.88 Å². The molecular weight excluding hydrogens is 386 g/mol. The fourth-order valence-electron chi connectivity index (χ4n) is 2.81. The molecule has 4 aromatic rings. The minimum atomic E-state index is -4.57. The largest absolute Gasteiger partial charge is 0.449 e. The second-order valence-electron chi connectivity index (χ2n) is 5.83. The molecule has 1 N–H and O–H groups in total. The van der Waals surface area contributed by atoms with Gasteiger partial charge in [0, 0.05) is 18.1 Å². The summed E-state index contributed by atoms with van der Waals surface area (Å²) in [5.74, 6) is -1.23. The van der Waals surface area contributed by atoms with Crippen molar-refractivity contribution in [1.29, 1.82) is 0 Å². The molecule has 2 aromatic heterocycles. The normalized spacial score (nSPS) is 12.1. The number of hydrogen-bond donors (Lipinski definition) is 1. The van der Waals surface area contributed by atoms with E-state index in [1.54, 1.807) is 0 Å². The molecule has 0 bridgehead atoms. The average Bonchev–Trinajstić information content (AvgIpc) is 2.93. The highest BCUT2D eigenvalue weighted by Gasteiger charge is 2.36. The average molecular weight is 396 g/mol. The second-order valence-corrected chi connectivity index (χ2v) is 6.23. The highest BCUT2D eigenvalue weighted by molar-refractivity contribution is 6.31. The second kappa shape index (κ2) is 6.05. The molecule has 27 heavy (non-hydrogen) atoms. The van der Waals surface area contributed by atoms with E-state index in [9.17, 15) is 17.6 Å². The molecule has 0 aliphatic heterocycles. The van der Waals surface area contributed by atoms with Crippen LogP contribution in [0.25, 0.3) is 21.9 Å². The number of aromatic nitrogens is 4. The first-order chi connectivity index (χ1) is 12.7. The van der Waals surface area contributed by atoms with Crippen molar-refractivity contribution in [2.75, 3.05) is 5.32 Å². The predicted molar refractivity (Wildman–Crippen MR) is 93.5 cm³/mol. The maximum absolute atomic E-state index is 13.3. The molecule has 2 heterocycles. The summed E-state index contributed by atoms with van der Waals surface area (Å²) in [5, 5.41) is 3.37. The maximum atomic E-state index is 13.3. The maximum Gasteiger partial charge on any atom is 0.449 e. The number of hydrogen-bond acceptors (Lipinski definition) is 4. The molecule has 0 aliphatic carbocycles. The van der Waals surface area contributed by atoms with Crippen molar-refractivity contribution in [2.45, 2.75) is 6.18 Å². The lowest BCUT2D eigenvalue weighted by Gasteiger charge is -2.09. The lowest BCUT2D eigenvalue weighted by Crippen LogP contribution is -2.12. The third-order valence-electron chi connectivity index (χ3n) is 4.07. The number of rotatable bonds is 2. The van der Waals surface area contributed by atoms with Crippen LogP contribution in [0, 0.1) is 5.82 Å². The van der Waals surface area contributed by atoms with Gasteiger partial charge in [-0.2, -0.15) is 13.2 Å². The number of fused-ring (bicyclic) bond motifs is 2. The Balaban J connectivity index is 1.87. The number of imidazole rings is 1. The van der Waals surface area contributed by atoms with Crippen LogP contribution in [0.3, 0.4) is 0 Å². The predicted octanol–water partition coefficient (Wildman–Crippen LogP) is 5.07. The molecule has 0 fully saturated rings. The summed E-state index contributed by atoms with van der Waals surface area (Å²) in [4.78, 5) is 11.9. The SMILES string of the molecule is Cn1c(C(F)(F)F)nc2cc3c(Nc4ccc(F)c(Cl)c4)ncnc3cc21. The van der Waals surface area contributed by atoms with E-state index in [4.69, 9.17) is 11.6 Å². The summed E-state index contributed by atoms with van der Waals surface area (Å²) in [7, 11) is 1.30. The molecule has 0 spiro atoms. The van der Waals surface area contributed by atoms with E-state index >= 15 is 0 Å². The van der Waals surface area contributed by atoms with Crippen LogP contribution in [-0.2, 0) is 13.2 Å². The number of anilines is 2. The molecule has 5 nitrogen and oxygen atoms in total. The molecule has 10 heteroatoms. The van der Waals surface area contributed by atoms with Crippen LogP contribution < -0.4 is 5.32 Å².